The largest absolute Gasteiger partial charge is 0.271 e. The lowest BCUT2D eigenvalue weighted by molar-refractivity contribution is 0.452. The predicted molar refractivity (Wildman–Crippen MR) is 85.7 cm³/mol. The van der Waals surface area contributed by atoms with Gasteiger partial charge < -0.3 is 0 Å². The summed E-state index contributed by atoms with van der Waals surface area (Å²) in [5.74, 6) is 6.99. The van der Waals surface area contributed by atoms with Crippen molar-refractivity contribution in [2.24, 2.45) is 5.84 Å². The molecule has 2 unspecified atom stereocenters. The molecule has 2 aromatic carbocycles. The van der Waals surface area contributed by atoms with E-state index in [0.717, 1.165) is 23.5 Å². The van der Waals surface area contributed by atoms with Gasteiger partial charge in [-0.15, -0.1) is 11.8 Å². The molecule has 0 spiro atoms. The van der Waals surface area contributed by atoms with Crippen LogP contribution in [0.1, 0.15) is 23.5 Å². The number of nitrogens with one attached hydrogen (secondary N) is 1. The van der Waals surface area contributed by atoms with Crippen molar-refractivity contribution in [2.75, 3.05) is 5.75 Å². The summed E-state index contributed by atoms with van der Waals surface area (Å²) in [6.45, 7) is 0. The molecule has 4 heteroatoms. The van der Waals surface area contributed by atoms with Gasteiger partial charge in [0.25, 0.3) is 0 Å². The summed E-state index contributed by atoms with van der Waals surface area (Å²) in [5, 5.41) is 0. The lowest BCUT2D eigenvalue weighted by atomic mass is 9.75. The Morgan fingerprint density at radius 1 is 1.19 bits per heavy atom. The second-order valence-electron chi connectivity index (χ2n) is 5.46. The highest BCUT2D eigenvalue weighted by Crippen LogP contribution is 2.38. The first-order valence-electron chi connectivity index (χ1n) is 7.18. The molecule has 1 aliphatic carbocycles. The van der Waals surface area contributed by atoms with Crippen LogP contribution in [0.5, 0.6) is 0 Å². The molecule has 3 N–H and O–H groups in total. The Morgan fingerprint density at radius 3 is 2.67 bits per heavy atom. The third kappa shape index (κ3) is 3.46. The highest BCUT2D eigenvalue weighted by molar-refractivity contribution is 7.99. The summed E-state index contributed by atoms with van der Waals surface area (Å²) >= 11 is 1.71. The Morgan fingerprint density at radius 2 is 1.95 bits per heavy atom. The van der Waals surface area contributed by atoms with Gasteiger partial charge in [-0.05, 0) is 54.2 Å². The Bertz CT molecular complexity index is 600. The molecule has 0 aliphatic heterocycles. The first-order chi connectivity index (χ1) is 10.3. The van der Waals surface area contributed by atoms with Crippen LogP contribution >= 0.6 is 11.8 Å². The smallest absolute Gasteiger partial charge is 0.123 e. The van der Waals surface area contributed by atoms with E-state index >= 15 is 0 Å². The molecule has 3 rings (SSSR count). The van der Waals surface area contributed by atoms with Gasteiger partial charge in [0.2, 0.25) is 0 Å². The fraction of sp³-hybridized carbons (Fsp3) is 0.294. The fourth-order valence-corrected chi connectivity index (χ4v) is 3.78. The molecule has 21 heavy (non-hydrogen) atoms. The summed E-state index contributed by atoms with van der Waals surface area (Å²) in [7, 11) is 0. The number of hydrogen-bond acceptors (Lipinski definition) is 3. The van der Waals surface area contributed by atoms with E-state index in [1.165, 1.54) is 23.3 Å². The molecule has 2 aromatic rings. The first kappa shape index (κ1) is 14.6. The molecule has 2 atom stereocenters. The zero-order valence-corrected chi connectivity index (χ0v) is 12.6. The normalized spacial score (nSPS) is 17.9. The van der Waals surface area contributed by atoms with E-state index in [9.17, 15) is 4.39 Å². The monoisotopic (exact) mass is 302 g/mol. The molecule has 0 heterocycles. The lowest BCUT2D eigenvalue weighted by Crippen LogP contribution is -2.39. The second-order valence-corrected chi connectivity index (χ2v) is 6.56. The van der Waals surface area contributed by atoms with Crippen LogP contribution in [0.15, 0.2) is 53.4 Å². The Hall–Kier alpha value is -1.36. The molecule has 0 radical (unpaired) electrons. The molecular weight excluding hydrogens is 283 g/mol. The van der Waals surface area contributed by atoms with Crippen molar-refractivity contribution >= 4 is 11.8 Å². The van der Waals surface area contributed by atoms with E-state index in [0.29, 0.717) is 5.92 Å². The van der Waals surface area contributed by atoms with Gasteiger partial charge in [-0.3, -0.25) is 11.3 Å². The summed E-state index contributed by atoms with van der Waals surface area (Å²) in [6.07, 6.45) is 2.19. The van der Waals surface area contributed by atoms with Crippen LogP contribution in [0.2, 0.25) is 0 Å². The summed E-state index contributed by atoms with van der Waals surface area (Å²) in [6, 6.07) is 15.5. The Balaban J connectivity index is 1.53. The zero-order valence-electron chi connectivity index (χ0n) is 11.8. The van der Waals surface area contributed by atoms with Gasteiger partial charge in [0.05, 0.1) is 0 Å². The Labute approximate surface area is 128 Å². The van der Waals surface area contributed by atoms with E-state index in [1.807, 2.05) is 12.1 Å². The highest BCUT2D eigenvalue weighted by Gasteiger charge is 2.27. The number of thioether (sulfide) groups is 1. The van der Waals surface area contributed by atoms with Crippen LogP contribution in [0.3, 0.4) is 0 Å². The number of hydrogen-bond donors (Lipinski definition) is 2. The molecule has 2 nitrogen and oxygen atoms in total. The highest BCUT2D eigenvalue weighted by atomic mass is 32.2. The van der Waals surface area contributed by atoms with E-state index in [2.05, 4.69) is 29.7 Å². The van der Waals surface area contributed by atoms with Gasteiger partial charge in [0.1, 0.15) is 5.82 Å². The van der Waals surface area contributed by atoms with Crippen LogP contribution < -0.4 is 11.3 Å². The molecule has 0 aromatic heterocycles. The molecule has 110 valence electrons. The van der Waals surface area contributed by atoms with Crippen molar-refractivity contribution in [1.82, 2.24) is 5.43 Å². The van der Waals surface area contributed by atoms with Crippen molar-refractivity contribution in [3.8, 4) is 0 Å². The maximum absolute atomic E-state index is 12.9. The third-order valence-corrected chi connectivity index (χ3v) is 5.21. The standard InChI is InChI=1S/C17H19FN2S/c18-14-5-7-16(8-6-14)21-11-15(20-19)10-13-9-12-3-1-2-4-17(12)13/h1-8,13,15,20H,9-11,19H2. The van der Waals surface area contributed by atoms with Gasteiger partial charge in [0, 0.05) is 16.7 Å². The molecule has 0 amide bonds. The number of fused-ring (bicyclic) bond motifs is 1. The van der Waals surface area contributed by atoms with E-state index in [4.69, 9.17) is 5.84 Å². The van der Waals surface area contributed by atoms with Crippen LogP contribution in [0, 0.1) is 5.82 Å². The lowest BCUT2D eigenvalue weighted by Gasteiger charge is -2.32. The van der Waals surface area contributed by atoms with Crippen LogP contribution in [0.25, 0.3) is 0 Å². The quantitative estimate of drug-likeness (QED) is 0.487. The minimum absolute atomic E-state index is 0.195. The van der Waals surface area contributed by atoms with Crippen molar-refractivity contribution in [1.29, 1.82) is 0 Å². The molecular formula is C17H19FN2S. The van der Waals surface area contributed by atoms with Crippen molar-refractivity contribution in [3.63, 3.8) is 0 Å². The predicted octanol–water partition coefficient (Wildman–Crippen LogP) is 3.48. The van der Waals surface area contributed by atoms with E-state index in [1.54, 1.807) is 11.8 Å². The average Bonchev–Trinajstić information content (AvgIpc) is 2.49. The topological polar surface area (TPSA) is 38.0 Å². The first-order valence-corrected chi connectivity index (χ1v) is 8.17. The van der Waals surface area contributed by atoms with Gasteiger partial charge in [-0.1, -0.05) is 24.3 Å². The van der Waals surface area contributed by atoms with Gasteiger partial charge >= 0.3 is 0 Å². The number of nitrogens with two attached hydrogens (primary N) is 1. The van der Waals surface area contributed by atoms with Crippen LogP contribution in [0.4, 0.5) is 4.39 Å². The summed E-state index contributed by atoms with van der Waals surface area (Å²) in [4.78, 5) is 1.07. The summed E-state index contributed by atoms with van der Waals surface area (Å²) in [5.41, 5.74) is 5.84. The van der Waals surface area contributed by atoms with E-state index in [-0.39, 0.29) is 11.9 Å². The van der Waals surface area contributed by atoms with Crippen molar-refractivity contribution < 1.29 is 4.39 Å². The van der Waals surface area contributed by atoms with Gasteiger partial charge in [0.15, 0.2) is 0 Å². The van der Waals surface area contributed by atoms with E-state index < -0.39 is 0 Å². The molecule has 0 bridgehead atoms. The number of benzene rings is 2. The van der Waals surface area contributed by atoms with Gasteiger partial charge in [-0.2, -0.15) is 0 Å². The molecule has 0 fully saturated rings. The number of hydrazine groups is 1. The average molecular weight is 302 g/mol. The van der Waals surface area contributed by atoms with Crippen LogP contribution in [-0.4, -0.2) is 11.8 Å². The molecule has 0 saturated carbocycles. The minimum Gasteiger partial charge on any atom is -0.271 e. The fourth-order valence-electron chi connectivity index (χ4n) is 2.83. The van der Waals surface area contributed by atoms with Crippen molar-refractivity contribution in [3.05, 3.63) is 65.5 Å². The van der Waals surface area contributed by atoms with Crippen LogP contribution in [-0.2, 0) is 6.42 Å². The molecule has 1 aliphatic rings. The summed E-state index contributed by atoms with van der Waals surface area (Å²) < 4.78 is 12.9. The molecule has 0 saturated heterocycles. The maximum Gasteiger partial charge on any atom is 0.123 e. The third-order valence-electron chi connectivity index (χ3n) is 4.03. The van der Waals surface area contributed by atoms with Crippen molar-refractivity contribution in [2.45, 2.75) is 29.7 Å². The SMILES string of the molecule is NNC(CSc1ccc(F)cc1)CC1Cc2ccccc21. The van der Waals surface area contributed by atoms with Gasteiger partial charge in [-0.25, -0.2) is 4.39 Å². The maximum atomic E-state index is 12.9. The zero-order chi connectivity index (χ0) is 14.7. The minimum atomic E-state index is -0.195. The number of halogens is 1. The Kier molecular flexibility index (Phi) is 4.58. The second kappa shape index (κ2) is 6.60. The number of rotatable bonds is 6.